The van der Waals surface area contributed by atoms with Gasteiger partial charge in [0.1, 0.15) is 6.54 Å². The molecule has 0 aliphatic rings. The van der Waals surface area contributed by atoms with Gasteiger partial charge in [0.15, 0.2) is 5.78 Å². The molecule has 0 aliphatic carbocycles. The normalized spacial score (nSPS) is 10.4. The number of hydrogen-bond acceptors (Lipinski definition) is 4. The van der Waals surface area contributed by atoms with Gasteiger partial charge in [-0.2, -0.15) is 0 Å². The average Bonchev–Trinajstić information content (AvgIpc) is 2.69. The van der Waals surface area contributed by atoms with E-state index >= 15 is 0 Å². The van der Waals surface area contributed by atoms with Crippen molar-refractivity contribution in [3.05, 3.63) is 53.6 Å². The summed E-state index contributed by atoms with van der Waals surface area (Å²) in [5.41, 5.74) is 3.93. The molecule has 0 saturated carbocycles. The van der Waals surface area contributed by atoms with Crippen molar-refractivity contribution in [3.8, 4) is 0 Å². The number of rotatable bonds is 8. The van der Waals surface area contributed by atoms with Gasteiger partial charge < -0.3 is 15.1 Å². The van der Waals surface area contributed by atoms with E-state index in [0.29, 0.717) is 11.3 Å². The van der Waals surface area contributed by atoms with Gasteiger partial charge in [0.2, 0.25) is 11.8 Å². The van der Waals surface area contributed by atoms with Crippen molar-refractivity contribution >= 4 is 34.7 Å². The molecule has 6 heteroatoms. The maximum Gasteiger partial charge on any atom is 0.244 e. The number of benzene rings is 2. The number of anilines is 3. The molecule has 0 fully saturated rings. The second-order valence-corrected chi connectivity index (χ2v) is 6.93. The molecule has 0 heterocycles. The van der Waals surface area contributed by atoms with Crippen LogP contribution in [0.1, 0.15) is 43.6 Å². The third-order valence-electron chi connectivity index (χ3n) is 4.88. The first-order valence-electron chi connectivity index (χ1n) is 9.81. The van der Waals surface area contributed by atoms with Crippen LogP contribution in [0.3, 0.4) is 0 Å². The Morgan fingerprint density at radius 1 is 0.897 bits per heavy atom. The van der Waals surface area contributed by atoms with Gasteiger partial charge in [0, 0.05) is 42.6 Å². The second-order valence-electron chi connectivity index (χ2n) is 6.93. The number of hydrogen-bond donors (Lipinski definition) is 1. The van der Waals surface area contributed by atoms with Crippen LogP contribution in [0.5, 0.6) is 0 Å². The minimum absolute atomic E-state index is 0.0488. The zero-order chi connectivity index (χ0) is 21.6. The summed E-state index contributed by atoms with van der Waals surface area (Å²) in [6, 6.07) is 12.6. The van der Waals surface area contributed by atoms with E-state index in [4.69, 9.17) is 0 Å². The van der Waals surface area contributed by atoms with Crippen LogP contribution in [0.2, 0.25) is 0 Å². The van der Waals surface area contributed by atoms with Gasteiger partial charge in [0.05, 0.1) is 0 Å². The third-order valence-corrected chi connectivity index (χ3v) is 4.88. The van der Waals surface area contributed by atoms with Crippen molar-refractivity contribution < 1.29 is 14.4 Å². The Kier molecular flexibility index (Phi) is 7.53. The van der Waals surface area contributed by atoms with Gasteiger partial charge in [-0.25, -0.2) is 0 Å². The van der Waals surface area contributed by atoms with Crippen LogP contribution in [-0.4, -0.2) is 37.2 Å². The molecule has 29 heavy (non-hydrogen) atoms. The number of nitrogens with zero attached hydrogens (tertiary/aromatic N) is 2. The Labute approximate surface area is 172 Å². The van der Waals surface area contributed by atoms with Crippen molar-refractivity contribution in [3.63, 3.8) is 0 Å². The second kappa shape index (κ2) is 9.87. The molecule has 2 aromatic rings. The summed E-state index contributed by atoms with van der Waals surface area (Å²) in [6.45, 7) is 10.8. The molecule has 0 saturated heterocycles. The Balaban J connectivity index is 2.13. The van der Waals surface area contributed by atoms with Crippen LogP contribution in [0, 0.1) is 6.92 Å². The van der Waals surface area contributed by atoms with E-state index in [-0.39, 0.29) is 24.1 Å². The number of nitrogens with one attached hydrogen (secondary N) is 1. The lowest BCUT2D eigenvalue weighted by molar-refractivity contribution is -0.120. The minimum atomic E-state index is -0.283. The van der Waals surface area contributed by atoms with Crippen molar-refractivity contribution in [1.82, 2.24) is 0 Å². The first kappa shape index (κ1) is 22.1. The highest BCUT2D eigenvalue weighted by atomic mass is 16.2. The fourth-order valence-electron chi connectivity index (χ4n) is 3.17. The maximum absolute atomic E-state index is 12.6. The summed E-state index contributed by atoms with van der Waals surface area (Å²) in [5, 5.41) is 2.89. The van der Waals surface area contributed by atoms with Gasteiger partial charge in [-0.3, -0.25) is 14.4 Å². The van der Waals surface area contributed by atoms with Crippen LogP contribution in [0.25, 0.3) is 0 Å². The zero-order valence-corrected chi connectivity index (χ0v) is 17.8. The highest BCUT2D eigenvalue weighted by Gasteiger charge is 2.17. The van der Waals surface area contributed by atoms with E-state index in [1.807, 2.05) is 25.1 Å². The van der Waals surface area contributed by atoms with Crippen LogP contribution < -0.4 is 15.1 Å². The first-order chi connectivity index (χ1) is 13.8. The van der Waals surface area contributed by atoms with E-state index in [9.17, 15) is 14.4 Å². The number of ketones is 1. The lowest BCUT2D eigenvalue weighted by Crippen LogP contribution is -2.36. The molecule has 2 aromatic carbocycles. The largest absolute Gasteiger partial charge is 0.372 e. The molecular weight excluding hydrogens is 366 g/mol. The minimum Gasteiger partial charge on any atom is -0.372 e. The Hall–Kier alpha value is -3.15. The predicted octanol–water partition coefficient (Wildman–Crippen LogP) is 4.04. The summed E-state index contributed by atoms with van der Waals surface area (Å²) in [6.07, 6.45) is 0. The van der Waals surface area contributed by atoms with E-state index < -0.39 is 0 Å². The summed E-state index contributed by atoms with van der Waals surface area (Å²) < 4.78 is 0. The molecule has 2 amide bonds. The number of aryl methyl sites for hydroxylation is 1. The summed E-state index contributed by atoms with van der Waals surface area (Å²) >= 11 is 0. The molecule has 0 aromatic heterocycles. The maximum atomic E-state index is 12.6. The van der Waals surface area contributed by atoms with Crippen molar-refractivity contribution in [1.29, 1.82) is 0 Å². The van der Waals surface area contributed by atoms with Crippen LogP contribution in [-0.2, 0) is 9.59 Å². The molecule has 0 bridgehead atoms. The summed E-state index contributed by atoms with van der Waals surface area (Å²) in [4.78, 5) is 39.7. The van der Waals surface area contributed by atoms with Gasteiger partial charge in [-0.15, -0.1) is 0 Å². The molecule has 1 N–H and O–H groups in total. The lowest BCUT2D eigenvalue weighted by Gasteiger charge is -2.23. The van der Waals surface area contributed by atoms with E-state index in [1.54, 1.807) is 24.3 Å². The summed E-state index contributed by atoms with van der Waals surface area (Å²) in [5.74, 6) is -0.578. The van der Waals surface area contributed by atoms with Gasteiger partial charge in [-0.1, -0.05) is 0 Å². The Morgan fingerprint density at radius 3 is 1.97 bits per heavy atom. The molecule has 6 nitrogen and oxygen atoms in total. The molecule has 2 rings (SSSR count). The van der Waals surface area contributed by atoms with Crippen molar-refractivity contribution in [2.45, 2.75) is 34.6 Å². The van der Waals surface area contributed by atoms with Crippen LogP contribution >= 0.6 is 0 Å². The Morgan fingerprint density at radius 2 is 1.48 bits per heavy atom. The molecule has 0 atom stereocenters. The van der Waals surface area contributed by atoms with Crippen LogP contribution in [0.15, 0.2) is 42.5 Å². The van der Waals surface area contributed by atoms with Gasteiger partial charge >= 0.3 is 0 Å². The molecule has 154 valence electrons. The topological polar surface area (TPSA) is 69.7 Å². The average molecular weight is 396 g/mol. The number of Topliss-reactive ketones (excluding diaryl/α,β-unsaturated/α-hetero) is 1. The SMILES string of the molecule is CCN(CC)c1ccc(NC(=O)CN(C(C)=O)c2ccc(C(C)=O)cc2)c(C)c1. The fourth-order valence-corrected chi connectivity index (χ4v) is 3.17. The highest BCUT2D eigenvalue weighted by Crippen LogP contribution is 2.23. The molecule has 0 unspecified atom stereocenters. The van der Waals surface area contributed by atoms with E-state index in [2.05, 4.69) is 24.1 Å². The smallest absolute Gasteiger partial charge is 0.244 e. The number of amides is 2. The van der Waals surface area contributed by atoms with Gasteiger partial charge in [0.25, 0.3) is 0 Å². The number of carbonyl (C=O) groups excluding carboxylic acids is 3. The van der Waals surface area contributed by atoms with Crippen molar-refractivity contribution in [2.75, 3.05) is 34.8 Å². The molecule has 0 aliphatic heterocycles. The predicted molar refractivity (Wildman–Crippen MR) is 118 cm³/mol. The van der Waals surface area contributed by atoms with Gasteiger partial charge in [-0.05, 0) is 75.7 Å². The Bertz CT molecular complexity index is 887. The molecular formula is C23H29N3O3. The fraction of sp³-hybridized carbons (Fsp3) is 0.348. The zero-order valence-electron chi connectivity index (χ0n) is 17.8. The quantitative estimate of drug-likeness (QED) is 0.685. The van der Waals surface area contributed by atoms with E-state index in [1.165, 1.54) is 18.7 Å². The van der Waals surface area contributed by atoms with E-state index in [0.717, 1.165) is 30.0 Å². The lowest BCUT2D eigenvalue weighted by atomic mass is 10.1. The number of carbonyl (C=O) groups is 3. The third kappa shape index (κ3) is 5.67. The standard InChI is InChI=1S/C23H29N3O3/c1-6-25(7-2)21-12-13-22(16(3)14-21)24-23(29)15-26(18(5)28)20-10-8-19(9-11-20)17(4)27/h8-14H,6-7,15H2,1-5H3,(H,24,29). The van der Waals surface area contributed by atoms with Crippen LogP contribution in [0.4, 0.5) is 17.1 Å². The molecule has 0 radical (unpaired) electrons. The first-order valence-corrected chi connectivity index (χ1v) is 9.81. The van der Waals surface area contributed by atoms with Crippen molar-refractivity contribution in [2.24, 2.45) is 0 Å². The summed E-state index contributed by atoms with van der Waals surface area (Å²) in [7, 11) is 0. The monoisotopic (exact) mass is 395 g/mol. The highest BCUT2D eigenvalue weighted by molar-refractivity contribution is 6.02. The molecule has 0 spiro atoms.